The quantitative estimate of drug-likeness (QED) is 0.601. The molecule has 0 saturated heterocycles. The number of hydrogen-bond acceptors (Lipinski definition) is 0. The minimum Gasteiger partial charge on any atom is -0.0625 e. The number of hydrogen-bond donors (Lipinski definition) is 0. The van der Waals surface area contributed by atoms with Crippen molar-refractivity contribution in [1.82, 2.24) is 0 Å². The molecule has 0 aromatic carbocycles. The Hall–Kier alpha value is 0. The topological polar surface area (TPSA) is 0 Å². The van der Waals surface area contributed by atoms with Gasteiger partial charge in [-0.3, -0.25) is 0 Å². The molecule has 0 N–H and O–H groups in total. The van der Waals surface area contributed by atoms with Crippen LogP contribution in [0.1, 0.15) is 65.7 Å². The predicted molar refractivity (Wildman–Crippen MR) is 62.2 cm³/mol. The molecule has 14 heavy (non-hydrogen) atoms. The fourth-order valence-corrected chi connectivity index (χ4v) is 3.88. The summed E-state index contributed by atoms with van der Waals surface area (Å²) in [6.07, 6.45) is 10.6. The molecule has 0 aromatic rings. The molecule has 2 saturated carbocycles. The first-order chi connectivity index (χ1) is 6.62. The van der Waals surface area contributed by atoms with Crippen molar-refractivity contribution in [3.05, 3.63) is 0 Å². The maximum atomic E-state index is 2.57. The van der Waals surface area contributed by atoms with Crippen molar-refractivity contribution in [3.63, 3.8) is 0 Å². The Morgan fingerprint density at radius 1 is 1.07 bits per heavy atom. The normalized spacial score (nSPS) is 39.9. The Morgan fingerprint density at radius 2 is 1.71 bits per heavy atom. The SMILES string of the molecule is CC(C)C1CCC(C)(C2CCCC2)C1. The molecule has 0 nitrogen and oxygen atoms in total. The molecule has 0 aromatic heterocycles. The fourth-order valence-electron chi connectivity index (χ4n) is 3.88. The highest BCUT2D eigenvalue weighted by Crippen LogP contribution is 2.53. The third-order valence-electron chi connectivity index (χ3n) is 5.10. The molecule has 82 valence electrons. The summed E-state index contributed by atoms with van der Waals surface area (Å²) >= 11 is 0. The summed E-state index contributed by atoms with van der Waals surface area (Å²) in [6.45, 7) is 7.39. The van der Waals surface area contributed by atoms with E-state index >= 15 is 0 Å². The lowest BCUT2D eigenvalue weighted by molar-refractivity contribution is 0.182. The van der Waals surface area contributed by atoms with Crippen LogP contribution in [0.3, 0.4) is 0 Å². The van der Waals surface area contributed by atoms with Gasteiger partial charge >= 0.3 is 0 Å². The standard InChI is InChI=1S/C14H26/c1-11(2)12-8-9-14(3,10-12)13-6-4-5-7-13/h11-13H,4-10H2,1-3H3. The van der Waals surface area contributed by atoms with Crippen molar-refractivity contribution in [1.29, 1.82) is 0 Å². The van der Waals surface area contributed by atoms with E-state index in [9.17, 15) is 0 Å². The molecule has 2 atom stereocenters. The fraction of sp³-hybridized carbons (Fsp3) is 1.00. The van der Waals surface area contributed by atoms with Crippen LogP contribution in [0.2, 0.25) is 0 Å². The average Bonchev–Trinajstić information content (AvgIpc) is 2.71. The van der Waals surface area contributed by atoms with Gasteiger partial charge in [0.15, 0.2) is 0 Å². The van der Waals surface area contributed by atoms with Crippen molar-refractivity contribution in [2.45, 2.75) is 65.7 Å². The molecule has 2 rings (SSSR count). The van der Waals surface area contributed by atoms with E-state index in [1.54, 1.807) is 0 Å². The van der Waals surface area contributed by atoms with E-state index in [4.69, 9.17) is 0 Å². The first-order valence-corrected chi connectivity index (χ1v) is 6.62. The zero-order valence-electron chi connectivity index (χ0n) is 10.2. The molecule has 2 fully saturated rings. The average molecular weight is 194 g/mol. The summed E-state index contributed by atoms with van der Waals surface area (Å²) in [7, 11) is 0. The van der Waals surface area contributed by atoms with E-state index in [2.05, 4.69) is 20.8 Å². The molecule has 0 radical (unpaired) electrons. The molecular formula is C14H26. The summed E-state index contributed by atoms with van der Waals surface area (Å²) in [5.74, 6) is 3.02. The summed E-state index contributed by atoms with van der Waals surface area (Å²) < 4.78 is 0. The van der Waals surface area contributed by atoms with E-state index in [1.165, 1.54) is 44.9 Å². The zero-order valence-corrected chi connectivity index (χ0v) is 10.2. The van der Waals surface area contributed by atoms with Gasteiger partial charge in [-0.05, 0) is 55.3 Å². The van der Waals surface area contributed by atoms with Gasteiger partial charge in [0.2, 0.25) is 0 Å². The minimum absolute atomic E-state index is 0.728. The van der Waals surface area contributed by atoms with Crippen LogP contribution in [-0.2, 0) is 0 Å². The van der Waals surface area contributed by atoms with Crippen LogP contribution >= 0.6 is 0 Å². The Morgan fingerprint density at radius 3 is 2.21 bits per heavy atom. The third-order valence-corrected chi connectivity index (χ3v) is 5.10. The minimum atomic E-state index is 0.728. The van der Waals surface area contributed by atoms with Crippen LogP contribution in [0, 0.1) is 23.2 Å². The number of rotatable bonds is 2. The Labute approximate surface area is 89.5 Å². The first kappa shape index (κ1) is 10.5. The molecule has 2 unspecified atom stereocenters. The Bertz CT molecular complexity index is 188. The highest BCUT2D eigenvalue weighted by Gasteiger charge is 2.42. The highest BCUT2D eigenvalue weighted by atomic mass is 14.5. The second-order valence-corrected chi connectivity index (χ2v) is 6.38. The van der Waals surface area contributed by atoms with E-state index in [-0.39, 0.29) is 0 Å². The lowest BCUT2D eigenvalue weighted by Gasteiger charge is -2.32. The van der Waals surface area contributed by atoms with E-state index in [1.807, 2.05) is 0 Å². The third kappa shape index (κ3) is 1.85. The van der Waals surface area contributed by atoms with Gasteiger partial charge in [0.1, 0.15) is 0 Å². The van der Waals surface area contributed by atoms with Crippen LogP contribution in [-0.4, -0.2) is 0 Å². The second-order valence-electron chi connectivity index (χ2n) is 6.38. The van der Waals surface area contributed by atoms with Crippen molar-refractivity contribution < 1.29 is 0 Å². The molecule has 0 heteroatoms. The maximum Gasteiger partial charge on any atom is -0.0295 e. The molecule has 2 aliphatic carbocycles. The van der Waals surface area contributed by atoms with Gasteiger partial charge in [-0.1, -0.05) is 33.6 Å². The Kier molecular flexibility index (Phi) is 2.91. The van der Waals surface area contributed by atoms with Gasteiger partial charge in [-0.15, -0.1) is 0 Å². The van der Waals surface area contributed by atoms with Crippen LogP contribution in [0.15, 0.2) is 0 Å². The first-order valence-electron chi connectivity index (χ1n) is 6.62. The van der Waals surface area contributed by atoms with Crippen LogP contribution in [0.4, 0.5) is 0 Å². The van der Waals surface area contributed by atoms with E-state index in [0.717, 1.165) is 23.2 Å². The van der Waals surface area contributed by atoms with Crippen molar-refractivity contribution in [2.75, 3.05) is 0 Å². The molecule has 0 heterocycles. The summed E-state index contributed by atoms with van der Waals surface area (Å²) in [4.78, 5) is 0. The summed E-state index contributed by atoms with van der Waals surface area (Å²) in [6, 6.07) is 0. The van der Waals surface area contributed by atoms with E-state index < -0.39 is 0 Å². The predicted octanol–water partition coefficient (Wildman–Crippen LogP) is 4.64. The lowest BCUT2D eigenvalue weighted by atomic mass is 9.73. The smallest absolute Gasteiger partial charge is 0.0295 e. The Balaban J connectivity index is 1.97. The summed E-state index contributed by atoms with van der Waals surface area (Å²) in [5.41, 5.74) is 0.728. The molecular weight excluding hydrogens is 168 g/mol. The van der Waals surface area contributed by atoms with Crippen molar-refractivity contribution in [2.24, 2.45) is 23.2 Å². The molecule has 0 spiro atoms. The highest BCUT2D eigenvalue weighted by molar-refractivity contribution is 4.93. The van der Waals surface area contributed by atoms with Crippen molar-refractivity contribution >= 4 is 0 Å². The molecule has 2 aliphatic rings. The van der Waals surface area contributed by atoms with Crippen molar-refractivity contribution in [3.8, 4) is 0 Å². The largest absolute Gasteiger partial charge is 0.0625 e. The molecule has 0 bridgehead atoms. The van der Waals surface area contributed by atoms with Gasteiger partial charge in [0.05, 0.1) is 0 Å². The van der Waals surface area contributed by atoms with Gasteiger partial charge in [-0.2, -0.15) is 0 Å². The van der Waals surface area contributed by atoms with Gasteiger partial charge < -0.3 is 0 Å². The van der Waals surface area contributed by atoms with Gasteiger partial charge in [0.25, 0.3) is 0 Å². The van der Waals surface area contributed by atoms with Gasteiger partial charge in [-0.25, -0.2) is 0 Å². The van der Waals surface area contributed by atoms with Crippen LogP contribution < -0.4 is 0 Å². The zero-order chi connectivity index (χ0) is 10.2. The van der Waals surface area contributed by atoms with Crippen LogP contribution in [0.25, 0.3) is 0 Å². The second kappa shape index (κ2) is 3.87. The molecule has 0 amide bonds. The van der Waals surface area contributed by atoms with Gasteiger partial charge in [0, 0.05) is 0 Å². The van der Waals surface area contributed by atoms with E-state index in [0.29, 0.717) is 0 Å². The lowest BCUT2D eigenvalue weighted by Crippen LogP contribution is -2.22. The van der Waals surface area contributed by atoms with Crippen LogP contribution in [0.5, 0.6) is 0 Å². The molecule has 0 aliphatic heterocycles. The monoisotopic (exact) mass is 194 g/mol. The summed E-state index contributed by atoms with van der Waals surface area (Å²) in [5, 5.41) is 0. The maximum absolute atomic E-state index is 2.57.